The fraction of sp³-hybridized carbons (Fsp3) is 0.105. The van der Waals surface area contributed by atoms with Crippen LogP contribution in [0.4, 0.5) is 5.69 Å². The summed E-state index contributed by atoms with van der Waals surface area (Å²) in [6.07, 6.45) is 5.39. The predicted molar refractivity (Wildman–Crippen MR) is 103 cm³/mol. The summed E-state index contributed by atoms with van der Waals surface area (Å²) in [4.78, 5) is 28.2. The number of fused-ring (bicyclic) bond motifs is 1. The fourth-order valence-electron chi connectivity index (χ4n) is 2.77. The Labute approximate surface area is 153 Å². The number of aryl methyl sites for hydroxylation is 1. The van der Waals surface area contributed by atoms with Gasteiger partial charge in [0.25, 0.3) is 5.91 Å². The zero-order valence-electron chi connectivity index (χ0n) is 14.0. The molecule has 0 unspecified atom stereocenters. The van der Waals surface area contributed by atoms with E-state index >= 15 is 0 Å². The molecule has 0 aliphatic heterocycles. The SMILES string of the molecule is Cn1c(=O)sc2cc(NC(=O)c3ccc(Cn4ccnc4)cc3)ccc21. The Morgan fingerprint density at radius 1 is 1.19 bits per heavy atom. The molecule has 2 aromatic carbocycles. The van der Waals surface area contributed by atoms with Crippen LogP contribution in [0.3, 0.4) is 0 Å². The van der Waals surface area contributed by atoms with Crippen molar-refractivity contribution in [2.24, 2.45) is 7.05 Å². The summed E-state index contributed by atoms with van der Waals surface area (Å²) in [6, 6.07) is 13.0. The Hall–Kier alpha value is -3.19. The van der Waals surface area contributed by atoms with Gasteiger partial charge in [0.2, 0.25) is 0 Å². The molecule has 4 rings (SSSR count). The highest BCUT2D eigenvalue weighted by molar-refractivity contribution is 7.16. The first-order chi connectivity index (χ1) is 12.6. The molecule has 4 aromatic rings. The van der Waals surface area contributed by atoms with Gasteiger partial charge in [0, 0.05) is 37.2 Å². The minimum absolute atomic E-state index is 0.0167. The Kier molecular flexibility index (Phi) is 4.14. The number of rotatable bonds is 4. The van der Waals surface area contributed by atoms with Gasteiger partial charge < -0.3 is 14.5 Å². The maximum absolute atomic E-state index is 12.5. The zero-order valence-corrected chi connectivity index (χ0v) is 14.9. The Morgan fingerprint density at radius 3 is 2.73 bits per heavy atom. The number of benzene rings is 2. The van der Waals surface area contributed by atoms with E-state index in [9.17, 15) is 9.59 Å². The van der Waals surface area contributed by atoms with Crippen molar-refractivity contribution in [3.05, 3.63) is 82.0 Å². The van der Waals surface area contributed by atoms with Crippen LogP contribution in [0.15, 0.2) is 66.0 Å². The number of hydrogen-bond donors (Lipinski definition) is 1. The molecular weight excluding hydrogens is 348 g/mol. The molecule has 0 radical (unpaired) electrons. The molecular formula is C19H16N4O2S. The number of thiazole rings is 1. The third kappa shape index (κ3) is 3.16. The molecule has 26 heavy (non-hydrogen) atoms. The van der Waals surface area contributed by atoms with E-state index in [1.54, 1.807) is 42.3 Å². The van der Waals surface area contributed by atoms with E-state index in [4.69, 9.17) is 0 Å². The molecule has 0 aliphatic carbocycles. The monoisotopic (exact) mass is 364 g/mol. The number of anilines is 1. The number of aromatic nitrogens is 3. The van der Waals surface area contributed by atoms with E-state index in [1.807, 2.05) is 35.0 Å². The molecule has 130 valence electrons. The van der Waals surface area contributed by atoms with Gasteiger partial charge in [0.15, 0.2) is 0 Å². The van der Waals surface area contributed by atoms with Crippen LogP contribution in [0, 0.1) is 0 Å². The van der Waals surface area contributed by atoms with E-state index in [0.717, 1.165) is 15.8 Å². The lowest BCUT2D eigenvalue weighted by molar-refractivity contribution is 0.102. The van der Waals surface area contributed by atoms with E-state index < -0.39 is 0 Å². The number of nitrogens with zero attached hydrogens (tertiary/aromatic N) is 3. The van der Waals surface area contributed by atoms with Crippen molar-refractivity contribution in [3.8, 4) is 0 Å². The molecule has 1 amide bonds. The lowest BCUT2D eigenvalue weighted by Gasteiger charge is -2.07. The number of hydrogen-bond acceptors (Lipinski definition) is 4. The quantitative estimate of drug-likeness (QED) is 0.605. The molecule has 6 nitrogen and oxygen atoms in total. The first kappa shape index (κ1) is 16.3. The second kappa shape index (κ2) is 6.61. The second-order valence-corrected chi connectivity index (χ2v) is 6.99. The van der Waals surface area contributed by atoms with Crippen LogP contribution < -0.4 is 10.2 Å². The summed E-state index contributed by atoms with van der Waals surface area (Å²) in [6.45, 7) is 0.714. The van der Waals surface area contributed by atoms with Gasteiger partial charge in [0.05, 0.1) is 16.5 Å². The summed E-state index contributed by atoms with van der Waals surface area (Å²) in [7, 11) is 1.74. The van der Waals surface area contributed by atoms with E-state index in [0.29, 0.717) is 17.8 Å². The molecule has 0 bridgehead atoms. The summed E-state index contributed by atoms with van der Waals surface area (Å²) >= 11 is 1.17. The second-order valence-electron chi connectivity index (χ2n) is 6.00. The third-order valence-corrected chi connectivity index (χ3v) is 5.19. The first-order valence-electron chi connectivity index (χ1n) is 8.06. The number of nitrogens with one attached hydrogen (secondary N) is 1. The minimum Gasteiger partial charge on any atom is -0.333 e. The molecule has 0 aliphatic rings. The molecule has 0 spiro atoms. The molecule has 1 N–H and O–H groups in total. The highest BCUT2D eigenvalue weighted by atomic mass is 32.1. The van der Waals surface area contributed by atoms with E-state index in [-0.39, 0.29) is 10.8 Å². The van der Waals surface area contributed by atoms with Crippen molar-refractivity contribution in [1.82, 2.24) is 14.1 Å². The van der Waals surface area contributed by atoms with Crippen LogP contribution in [-0.4, -0.2) is 20.0 Å². The number of imidazole rings is 1. The van der Waals surface area contributed by atoms with Gasteiger partial charge in [-0.25, -0.2) is 4.98 Å². The largest absolute Gasteiger partial charge is 0.333 e. The fourth-order valence-corrected chi connectivity index (χ4v) is 3.69. The van der Waals surface area contributed by atoms with E-state index in [1.165, 1.54) is 11.3 Å². The molecule has 0 atom stereocenters. The van der Waals surface area contributed by atoms with Crippen molar-refractivity contribution in [2.75, 3.05) is 5.32 Å². The average molecular weight is 364 g/mol. The molecule has 7 heteroatoms. The van der Waals surface area contributed by atoms with Gasteiger partial charge in [-0.15, -0.1) is 0 Å². The Morgan fingerprint density at radius 2 is 2.00 bits per heavy atom. The molecule has 2 heterocycles. The van der Waals surface area contributed by atoms with Crippen molar-refractivity contribution in [3.63, 3.8) is 0 Å². The molecule has 0 saturated heterocycles. The summed E-state index contributed by atoms with van der Waals surface area (Å²) < 4.78 is 4.42. The van der Waals surface area contributed by atoms with Crippen LogP contribution in [0.1, 0.15) is 15.9 Å². The zero-order chi connectivity index (χ0) is 18.1. The summed E-state index contributed by atoms with van der Waals surface area (Å²) in [5.41, 5.74) is 3.21. The molecule has 0 saturated carbocycles. The third-order valence-electron chi connectivity index (χ3n) is 4.19. The topological polar surface area (TPSA) is 68.9 Å². The van der Waals surface area contributed by atoms with Crippen LogP contribution >= 0.6 is 11.3 Å². The summed E-state index contributed by atoms with van der Waals surface area (Å²) in [5.74, 6) is -0.179. The van der Waals surface area contributed by atoms with Crippen LogP contribution in [-0.2, 0) is 13.6 Å². The van der Waals surface area contributed by atoms with Crippen molar-refractivity contribution in [1.29, 1.82) is 0 Å². The Bertz CT molecular complexity index is 1120. The van der Waals surface area contributed by atoms with Gasteiger partial charge >= 0.3 is 4.87 Å². The highest BCUT2D eigenvalue weighted by Crippen LogP contribution is 2.21. The smallest absolute Gasteiger partial charge is 0.307 e. The van der Waals surface area contributed by atoms with E-state index in [2.05, 4.69) is 10.3 Å². The van der Waals surface area contributed by atoms with Gasteiger partial charge in [-0.3, -0.25) is 9.59 Å². The van der Waals surface area contributed by atoms with Crippen LogP contribution in [0.2, 0.25) is 0 Å². The normalized spacial score (nSPS) is 11.0. The maximum atomic E-state index is 12.5. The maximum Gasteiger partial charge on any atom is 0.307 e. The lowest BCUT2D eigenvalue weighted by Crippen LogP contribution is -2.12. The van der Waals surface area contributed by atoms with Gasteiger partial charge in [-0.1, -0.05) is 23.5 Å². The standard InChI is InChI=1S/C19H16N4O2S/c1-22-16-7-6-15(10-17(16)26-19(22)25)21-18(24)14-4-2-13(3-5-14)11-23-9-8-20-12-23/h2-10,12H,11H2,1H3,(H,21,24). The average Bonchev–Trinajstić information content (AvgIpc) is 3.24. The molecule has 0 fully saturated rings. The highest BCUT2D eigenvalue weighted by Gasteiger charge is 2.09. The van der Waals surface area contributed by atoms with Gasteiger partial charge in [-0.05, 0) is 35.9 Å². The number of carbonyl (C=O) groups excluding carboxylic acids is 1. The Balaban J connectivity index is 1.50. The first-order valence-corrected chi connectivity index (χ1v) is 8.87. The summed E-state index contributed by atoms with van der Waals surface area (Å²) in [5, 5.41) is 2.89. The minimum atomic E-state index is -0.179. The van der Waals surface area contributed by atoms with Crippen LogP contribution in [0.25, 0.3) is 10.2 Å². The van der Waals surface area contributed by atoms with Crippen molar-refractivity contribution >= 4 is 33.1 Å². The number of amides is 1. The predicted octanol–water partition coefficient (Wildman–Crippen LogP) is 3.10. The molecule has 2 aromatic heterocycles. The lowest BCUT2D eigenvalue weighted by atomic mass is 10.1. The van der Waals surface area contributed by atoms with Gasteiger partial charge in [0.1, 0.15) is 0 Å². The van der Waals surface area contributed by atoms with Crippen molar-refractivity contribution < 1.29 is 4.79 Å². The number of carbonyl (C=O) groups is 1. The van der Waals surface area contributed by atoms with Crippen LogP contribution in [0.5, 0.6) is 0 Å². The van der Waals surface area contributed by atoms with Gasteiger partial charge in [-0.2, -0.15) is 0 Å². The van der Waals surface area contributed by atoms with Crippen molar-refractivity contribution in [2.45, 2.75) is 6.54 Å².